The quantitative estimate of drug-likeness (QED) is 0.883. The van der Waals surface area contributed by atoms with Crippen LogP contribution in [0.2, 0.25) is 5.02 Å². The molecule has 1 aliphatic rings. The molecule has 2 aromatic carbocycles. The number of nitrogens with one attached hydrogen (secondary N) is 2. The highest BCUT2D eigenvalue weighted by molar-refractivity contribution is 6.34. The van der Waals surface area contributed by atoms with Gasteiger partial charge in [-0.25, -0.2) is 0 Å². The summed E-state index contributed by atoms with van der Waals surface area (Å²) in [6, 6.07) is 14.2. The van der Waals surface area contributed by atoms with Gasteiger partial charge in [0.2, 0.25) is 6.10 Å². The number of nitrogens with zero attached hydrogens (tertiary/aromatic N) is 1. The van der Waals surface area contributed by atoms with Crippen molar-refractivity contribution in [1.82, 2.24) is 5.32 Å². The Morgan fingerprint density at radius 3 is 2.68 bits per heavy atom. The Morgan fingerprint density at radius 1 is 1.20 bits per heavy atom. The Hall–Kier alpha value is -2.86. The number of rotatable bonds is 4. The Labute approximate surface area is 149 Å². The van der Waals surface area contributed by atoms with Gasteiger partial charge in [0.15, 0.2) is 0 Å². The molecular formula is C18H16ClN3O3. The summed E-state index contributed by atoms with van der Waals surface area (Å²) >= 11 is 6.00. The predicted octanol–water partition coefficient (Wildman–Crippen LogP) is 2.83. The van der Waals surface area contributed by atoms with Gasteiger partial charge < -0.3 is 15.5 Å². The second-order valence-corrected chi connectivity index (χ2v) is 5.87. The largest absolute Gasteiger partial charge is 0.382 e. The molecule has 0 radical (unpaired) electrons. The van der Waals surface area contributed by atoms with E-state index in [-0.39, 0.29) is 17.4 Å². The van der Waals surface area contributed by atoms with E-state index in [1.54, 1.807) is 12.1 Å². The maximum atomic E-state index is 12.4. The molecule has 2 aromatic rings. The highest BCUT2D eigenvalue weighted by Crippen LogP contribution is 2.22. The van der Waals surface area contributed by atoms with Crippen molar-refractivity contribution in [3.63, 3.8) is 0 Å². The fourth-order valence-electron chi connectivity index (χ4n) is 2.45. The molecule has 0 aromatic heterocycles. The topological polar surface area (TPSA) is 79.8 Å². The minimum atomic E-state index is -0.714. The summed E-state index contributed by atoms with van der Waals surface area (Å²) in [6.07, 6.45) is -0.333. The van der Waals surface area contributed by atoms with Crippen molar-refractivity contribution in [1.29, 1.82) is 0 Å². The second-order valence-electron chi connectivity index (χ2n) is 5.47. The van der Waals surface area contributed by atoms with Gasteiger partial charge in [0.05, 0.1) is 16.3 Å². The smallest absolute Gasteiger partial charge is 0.268 e. The number of carbonyl (C=O) groups is 2. The van der Waals surface area contributed by atoms with Crippen LogP contribution < -0.4 is 10.6 Å². The molecule has 1 atom stereocenters. The molecule has 25 heavy (non-hydrogen) atoms. The highest BCUT2D eigenvalue weighted by Gasteiger charge is 2.29. The SMILES string of the molecule is CNC(=O)c1cc(NC(=O)C2CC(c3ccccc3)=NO2)ccc1Cl. The lowest BCUT2D eigenvalue weighted by Crippen LogP contribution is -2.28. The highest BCUT2D eigenvalue weighted by atomic mass is 35.5. The molecule has 7 heteroatoms. The summed E-state index contributed by atoms with van der Waals surface area (Å²) in [5.74, 6) is -0.659. The van der Waals surface area contributed by atoms with E-state index in [0.717, 1.165) is 11.3 Å². The number of hydrogen-bond acceptors (Lipinski definition) is 4. The average molecular weight is 358 g/mol. The van der Waals surface area contributed by atoms with Gasteiger partial charge in [-0.15, -0.1) is 0 Å². The average Bonchev–Trinajstić information content (AvgIpc) is 3.14. The molecule has 3 rings (SSSR count). The van der Waals surface area contributed by atoms with Crippen molar-refractivity contribution in [3.8, 4) is 0 Å². The van der Waals surface area contributed by atoms with Crippen molar-refractivity contribution in [2.24, 2.45) is 5.16 Å². The van der Waals surface area contributed by atoms with Crippen LogP contribution in [0.5, 0.6) is 0 Å². The van der Waals surface area contributed by atoms with Crippen LogP contribution in [0.25, 0.3) is 0 Å². The fraction of sp³-hybridized carbons (Fsp3) is 0.167. The molecule has 1 aliphatic heterocycles. The number of anilines is 1. The summed E-state index contributed by atoms with van der Waals surface area (Å²) in [4.78, 5) is 29.4. The standard InChI is InChI=1S/C18H16ClN3O3/c1-20-17(23)13-9-12(7-8-14(13)19)21-18(24)16-10-15(22-25-16)11-5-3-2-4-6-11/h2-9,16H,10H2,1H3,(H,20,23)(H,21,24). The van der Waals surface area contributed by atoms with Crippen LogP contribution in [-0.4, -0.2) is 30.7 Å². The van der Waals surface area contributed by atoms with Crippen molar-refractivity contribution in [2.45, 2.75) is 12.5 Å². The van der Waals surface area contributed by atoms with Gasteiger partial charge in [-0.2, -0.15) is 0 Å². The van der Waals surface area contributed by atoms with Crippen LogP contribution in [-0.2, 0) is 9.63 Å². The van der Waals surface area contributed by atoms with E-state index in [4.69, 9.17) is 16.4 Å². The van der Waals surface area contributed by atoms with Crippen LogP contribution in [0, 0.1) is 0 Å². The molecule has 0 fully saturated rings. The van der Waals surface area contributed by atoms with Crippen LogP contribution in [0.1, 0.15) is 22.3 Å². The van der Waals surface area contributed by atoms with Crippen LogP contribution in [0.3, 0.4) is 0 Å². The van der Waals surface area contributed by atoms with Crippen LogP contribution in [0.4, 0.5) is 5.69 Å². The summed E-state index contributed by atoms with van der Waals surface area (Å²) < 4.78 is 0. The van der Waals surface area contributed by atoms with Gasteiger partial charge in [0.1, 0.15) is 0 Å². The van der Waals surface area contributed by atoms with Gasteiger partial charge in [-0.05, 0) is 23.8 Å². The zero-order chi connectivity index (χ0) is 17.8. The third-order valence-electron chi connectivity index (χ3n) is 3.77. The fourth-order valence-corrected chi connectivity index (χ4v) is 2.66. The van der Waals surface area contributed by atoms with Crippen molar-refractivity contribution in [2.75, 3.05) is 12.4 Å². The molecule has 2 amide bonds. The Bertz CT molecular complexity index is 837. The first-order valence-corrected chi connectivity index (χ1v) is 8.07. The monoisotopic (exact) mass is 357 g/mol. The first-order chi connectivity index (χ1) is 12.1. The van der Waals surface area contributed by atoms with E-state index < -0.39 is 6.10 Å². The molecule has 0 saturated carbocycles. The van der Waals surface area contributed by atoms with E-state index in [2.05, 4.69) is 15.8 Å². The number of carbonyl (C=O) groups excluding carboxylic acids is 2. The Balaban J connectivity index is 1.67. The van der Waals surface area contributed by atoms with Crippen molar-refractivity contribution in [3.05, 3.63) is 64.7 Å². The summed E-state index contributed by atoms with van der Waals surface area (Å²) in [5.41, 5.74) is 2.40. The molecular weight excluding hydrogens is 342 g/mol. The predicted molar refractivity (Wildman–Crippen MR) is 95.9 cm³/mol. The van der Waals surface area contributed by atoms with E-state index >= 15 is 0 Å². The zero-order valence-corrected chi connectivity index (χ0v) is 14.2. The number of benzene rings is 2. The van der Waals surface area contributed by atoms with E-state index in [1.807, 2.05) is 30.3 Å². The lowest BCUT2D eigenvalue weighted by atomic mass is 10.0. The van der Waals surface area contributed by atoms with Crippen LogP contribution in [0.15, 0.2) is 53.7 Å². The Morgan fingerprint density at radius 2 is 1.96 bits per heavy atom. The van der Waals surface area contributed by atoms with Gasteiger partial charge in [0, 0.05) is 19.2 Å². The van der Waals surface area contributed by atoms with Gasteiger partial charge in [-0.3, -0.25) is 9.59 Å². The first-order valence-electron chi connectivity index (χ1n) is 7.69. The van der Waals surface area contributed by atoms with E-state index in [1.165, 1.54) is 13.1 Å². The molecule has 0 spiro atoms. The third kappa shape index (κ3) is 3.80. The Kier molecular flexibility index (Phi) is 5.00. The summed E-state index contributed by atoms with van der Waals surface area (Å²) in [5, 5.41) is 9.53. The second kappa shape index (κ2) is 7.36. The van der Waals surface area contributed by atoms with Gasteiger partial charge in [0.25, 0.3) is 11.8 Å². The van der Waals surface area contributed by atoms with E-state index in [9.17, 15) is 9.59 Å². The van der Waals surface area contributed by atoms with E-state index in [0.29, 0.717) is 17.1 Å². The zero-order valence-electron chi connectivity index (χ0n) is 13.5. The normalized spacial score (nSPS) is 15.9. The van der Waals surface area contributed by atoms with Crippen LogP contribution >= 0.6 is 11.6 Å². The molecule has 0 bridgehead atoms. The van der Waals surface area contributed by atoms with Crippen molar-refractivity contribution < 1.29 is 14.4 Å². The van der Waals surface area contributed by atoms with Gasteiger partial charge in [-0.1, -0.05) is 47.1 Å². The maximum Gasteiger partial charge on any atom is 0.268 e. The van der Waals surface area contributed by atoms with Crippen molar-refractivity contribution >= 4 is 34.8 Å². The number of oxime groups is 1. The molecule has 0 aliphatic carbocycles. The molecule has 1 heterocycles. The minimum Gasteiger partial charge on any atom is -0.382 e. The number of halogens is 1. The maximum absolute atomic E-state index is 12.4. The van der Waals surface area contributed by atoms with Gasteiger partial charge >= 0.3 is 0 Å². The number of hydrogen-bond donors (Lipinski definition) is 2. The number of amides is 2. The lowest BCUT2D eigenvalue weighted by Gasteiger charge is -2.11. The molecule has 6 nitrogen and oxygen atoms in total. The molecule has 128 valence electrons. The summed E-state index contributed by atoms with van der Waals surface area (Å²) in [6.45, 7) is 0. The molecule has 2 N–H and O–H groups in total. The summed E-state index contributed by atoms with van der Waals surface area (Å²) in [7, 11) is 1.51. The molecule has 1 unspecified atom stereocenters. The first kappa shape index (κ1) is 17.0. The third-order valence-corrected chi connectivity index (χ3v) is 4.10. The minimum absolute atomic E-state index is 0.288. The lowest BCUT2D eigenvalue weighted by molar-refractivity contribution is -0.125. The molecule has 0 saturated heterocycles.